The predicted octanol–water partition coefficient (Wildman–Crippen LogP) is 4.49. The number of hydrogen-bond acceptors (Lipinski definition) is 4. The second-order valence-electron chi connectivity index (χ2n) is 5.82. The Morgan fingerprint density at radius 1 is 0.440 bits per heavy atom. The first-order valence-corrected chi connectivity index (χ1v) is 13.8. The Labute approximate surface area is 159 Å². The maximum atomic E-state index is 5.58. The van der Waals surface area contributed by atoms with Gasteiger partial charge in [0.2, 0.25) is 0 Å². The van der Waals surface area contributed by atoms with Gasteiger partial charge in [0, 0.05) is 26.4 Å². The summed E-state index contributed by atoms with van der Waals surface area (Å²) in [5.41, 5.74) is 0. The average molecular weight is 396 g/mol. The Morgan fingerprint density at radius 3 is 0.960 bits per heavy atom. The quantitative estimate of drug-likeness (QED) is 0.225. The summed E-state index contributed by atoms with van der Waals surface area (Å²) < 4.78 is 22.3. The van der Waals surface area contributed by atoms with E-state index < -0.39 is 0 Å². The first-order chi connectivity index (χ1) is 12.3. The molecule has 0 aliphatic carbocycles. The van der Waals surface area contributed by atoms with Gasteiger partial charge in [-0.15, -0.1) is 15.8 Å². The molecule has 0 atom stereocenters. The second-order valence-corrected chi connectivity index (χ2v) is 11.2. The zero-order valence-electron chi connectivity index (χ0n) is 17.1. The molecule has 0 amide bonds. The third kappa shape index (κ3) is 17.9. The van der Waals surface area contributed by atoms with E-state index in [-0.39, 0.29) is 15.8 Å². The van der Waals surface area contributed by atoms with Crippen molar-refractivity contribution < 1.29 is 18.9 Å². The maximum Gasteiger partial charge on any atom is 0.0505 e. The zero-order valence-corrected chi connectivity index (χ0v) is 18.9. The number of rotatable bonds is 20. The van der Waals surface area contributed by atoms with Crippen LogP contribution in [0.5, 0.6) is 0 Å². The van der Waals surface area contributed by atoms with E-state index in [0.29, 0.717) is 0 Å². The Bertz CT molecular complexity index is 214. The highest BCUT2D eigenvalue weighted by Crippen LogP contribution is 2.40. The Morgan fingerprint density at radius 2 is 0.720 bits per heavy atom. The first-order valence-electron chi connectivity index (χ1n) is 10.0. The molecule has 0 spiro atoms. The summed E-state index contributed by atoms with van der Waals surface area (Å²) in [5.74, 6) is 0. The van der Waals surface area contributed by atoms with Crippen LogP contribution in [0.2, 0.25) is 0 Å². The second kappa shape index (κ2) is 21.0. The van der Waals surface area contributed by atoms with E-state index in [4.69, 9.17) is 18.9 Å². The number of ether oxygens (including phenoxy) is 4. The molecule has 0 aliphatic heterocycles. The van der Waals surface area contributed by atoms with Gasteiger partial charge in [0.05, 0.1) is 26.4 Å². The average Bonchev–Trinajstić information content (AvgIpc) is 2.61. The van der Waals surface area contributed by atoms with E-state index in [1.54, 1.807) is 0 Å². The molecule has 0 heterocycles. The lowest BCUT2D eigenvalue weighted by Crippen LogP contribution is -2.10. The van der Waals surface area contributed by atoms with Gasteiger partial charge in [0.25, 0.3) is 0 Å². The van der Waals surface area contributed by atoms with Crippen molar-refractivity contribution in [3.8, 4) is 0 Å². The Balaban J connectivity index is 4.13. The molecule has 0 aromatic heterocycles. The van der Waals surface area contributed by atoms with Gasteiger partial charge in [-0.25, -0.2) is 0 Å². The molecule has 0 unspecified atom stereocenters. The van der Waals surface area contributed by atoms with Crippen LogP contribution in [0.1, 0.15) is 34.1 Å². The highest BCUT2D eigenvalue weighted by atomic mass is 31.1. The van der Waals surface area contributed by atoms with Crippen molar-refractivity contribution in [2.24, 2.45) is 0 Å². The molecular formula is C19H42O4P2. The molecule has 0 N–H and O–H groups in total. The molecule has 0 aliphatic rings. The fourth-order valence-corrected chi connectivity index (χ4v) is 6.89. The van der Waals surface area contributed by atoms with E-state index in [1.807, 2.05) is 0 Å². The van der Waals surface area contributed by atoms with Crippen molar-refractivity contribution in [3.05, 3.63) is 0 Å². The third-order valence-electron chi connectivity index (χ3n) is 3.97. The van der Waals surface area contributed by atoms with E-state index in [9.17, 15) is 0 Å². The van der Waals surface area contributed by atoms with Crippen LogP contribution in [-0.2, 0) is 18.9 Å². The molecule has 4 nitrogen and oxygen atoms in total. The Hall–Kier alpha value is 0.700. The molecule has 0 bridgehead atoms. The van der Waals surface area contributed by atoms with Gasteiger partial charge in [-0.1, -0.05) is 0 Å². The van der Waals surface area contributed by atoms with Crippen molar-refractivity contribution in [3.63, 3.8) is 0 Å². The van der Waals surface area contributed by atoms with Crippen LogP contribution in [0.3, 0.4) is 0 Å². The lowest BCUT2D eigenvalue weighted by Gasteiger charge is -2.21. The highest BCUT2D eigenvalue weighted by Gasteiger charge is 2.12. The molecule has 25 heavy (non-hydrogen) atoms. The van der Waals surface area contributed by atoms with E-state index in [0.717, 1.165) is 52.9 Å². The highest BCUT2D eigenvalue weighted by molar-refractivity contribution is 7.58. The monoisotopic (exact) mass is 396 g/mol. The Kier molecular flexibility index (Phi) is 21.6. The van der Waals surface area contributed by atoms with Crippen LogP contribution >= 0.6 is 15.8 Å². The topological polar surface area (TPSA) is 36.9 Å². The lowest BCUT2D eigenvalue weighted by molar-refractivity contribution is 0.160. The molecule has 152 valence electrons. The molecule has 0 saturated heterocycles. The summed E-state index contributed by atoms with van der Waals surface area (Å²) in [6, 6.07) is 0. The van der Waals surface area contributed by atoms with Gasteiger partial charge in [0.15, 0.2) is 0 Å². The molecular weight excluding hydrogens is 354 g/mol. The summed E-state index contributed by atoms with van der Waals surface area (Å²) in [4.78, 5) is 0. The standard InChI is InChI=1S/C19H42O4P2/c1-5-20-10-16-24(17-11-21-6-2)14-9-15-25(18-12-22-7-3)19-13-23-8-4/h5-19H2,1-4H3. The van der Waals surface area contributed by atoms with Crippen LogP contribution in [0.4, 0.5) is 0 Å². The van der Waals surface area contributed by atoms with Gasteiger partial charge >= 0.3 is 0 Å². The summed E-state index contributed by atoms with van der Waals surface area (Å²) in [6.45, 7) is 15.3. The number of hydrogen-bond donors (Lipinski definition) is 0. The zero-order chi connectivity index (χ0) is 18.6. The summed E-state index contributed by atoms with van der Waals surface area (Å²) >= 11 is 0. The summed E-state index contributed by atoms with van der Waals surface area (Å²) in [7, 11) is 0.103. The van der Waals surface area contributed by atoms with Crippen molar-refractivity contribution in [1.82, 2.24) is 0 Å². The van der Waals surface area contributed by atoms with Crippen molar-refractivity contribution in [2.75, 3.05) is 89.8 Å². The van der Waals surface area contributed by atoms with E-state index in [1.165, 1.54) is 43.4 Å². The van der Waals surface area contributed by atoms with Crippen LogP contribution in [-0.4, -0.2) is 89.8 Å². The van der Waals surface area contributed by atoms with Crippen LogP contribution in [0.25, 0.3) is 0 Å². The van der Waals surface area contributed by atoms with E-state index in [2.05, 4.69) is 27.7 Å². The minimum Gasteiger partial charge on any atom is -0.381 e. The minimum absolute atomic E-state index is 0.0514. The lowest BCUT2D eigenvalue weighted by atomic mass is 10.6. The smallest absolute Gasteiger partial charge is 0.0505 e. The largest absolute Gasteiger partial charge is 0.381 e. The first kappa shape index (κ1) is 25.7. The molecule has 0 radical (unpaired) electrons. The van der Waals surface area contributed by atoms with E-state index >= 15 is 0 Å². The van der Waals surface area contributed by atoms with Gasteiger partial charge < -0.3 is 18.9 Å². The summed E-state index contributed by atoms with van der Waals surface area (Å²) in [6.07, 6.45) is 8.97. The normalized spacial score (nSPS) is 11.8. The summed E-state index contributed by atoms with van der Waals surface area (Å²) in [5, 5.41) is 0. The molecule has 0 rings (SSSR count). The molecule has 0 fully saturated rings. The van der Waals surface area contributed by atoms with Crippen LogP contribution < -0.4 is 0 Å². The van der Waals surface area contributed by atoms with Crippen molar-refractivity contribution in [2.45, 2.75) is 34.1 Å². The van der Waals surface area contributed by atoms with Gasteiger partial charge in [0.1, 0.15) is 0 Å². The van der Waals surface area contributed by atoms with Gasteiger partial charge in [-0.3, -0.25) is 0 Å². The predicted molar refractivity (Wildman–Crippen MR) is 114 cm³/mol. The molecule has 6 heteroatoms. The fraction of sp³-hybridized carbons (Fsp3) is 1.00. The molecule has 0 aromatic carbocycles. The van der Waals surface area contributed by atoms with Gasteiger partial charge in [-0.2, -0.15) is 0 Å². The van der Waals surface area contributed by atoms with Crippen molar-refractivity contribution >= 4 is 15.8 Å². The maximum absolute atomic E-state index is 5.58. The van der Waals surface area contributed by atoms with Gasteiger partial charge in [-0.05, 0) is 71.1 Å². The molecule has 0 aromatic rings. The minimum atomic E-state index is 0.0514. The fourth-order valence-electron chi connectivity index (χ4n) is 2.54. The molecule has 0 saturated carbocycles. The van der Waals surface area contributed by atoms with Crippen LogP contribution in [0, 0.1) is 0 Å². The SMILES string of the molecule is CCOCCP(CCCP(CCOCC)CCOCC)CCOCC. The van der Waals surface area contributed by atoms with Crippen LogP contribution in [0.15, 0.2) is 0 Å². The van der Waals surface area contributed by atoms with Crippen molar-refractivity contribution in [1.29, 1.82) is 0 Å². The third-order valence-corrected chi connectivity index (χ3v) is 9.13.